The predicted octanol–water partition coefficient (Wildman–Crippen LogP) is 2.35. The van der Waals surface area contributed by atoms with Crippen LogP contribution in [0.25, 0.3) is 5.95 Å². The van der Waals surface area contributed by atoms with Crippen molar-refractivity contribution in [1.82, 2.24) is 25.1 Å². The number of nitrogens with one attached hydrogen (secondary N) is 1. The molecule has 0 aliphatic carbocycles. The van der Waals surface area contributed by atoms with E-state index in [9.17, 15) is 9.59 Å². The summed E-state index contributed by atoms with van der Waals surface area (Å²) in [6.45, 7) is 9.18. The fourth-order valence-corrected chi connectivity index (χ4v) is 3.18. The lowest BCUT2D eigenvalue weighted by atomic mass is 10.1. The second-order valence-corrected chi connectivity index (χ2v) is 6.95. The maximum atomic E-state index is 12.4. The number of furan rings is 1. The molecule has 152 valence electrons. The van der Waals surface area contributed by atoms with Crippen LogP contribution in [0.1, 0.15) is 50.2 Å². The molecule has 0 atom stereocenters. The number of rotatable bonds is 6. The van der Waals surface area contributed by atoms with Gasteiger partial charge in [0, 0.05) is 22.6 Å². The molecule has 0 aliphatic rings. The van der Waals surface area contributed by atoms with E-state index in [4.69, 9.17) is 9.52 Å². The number of nitrogens with zero attached hydrogens (tertiary/aromatic N) is 4. The first-order valence-electron chi connectivity index (χ1n) is 9.12. The lowest BCUT2D eigenvalue weighted by molar-refractivity contribution is -0.120. The first kappa shape index (κ1) is 20.2. The normalized spacial score (nSPS) is 10.9. The molecule has 9 nitrogen and oxygen atoms in total. The Bertz CT molecular complexity index is 1080. The van der Waals surface area contributed by atoms with Gasteiger partial charge in [0.1, 0.15) is 17.1 Å². The summed E-state index contributed by atoms with van der Waals surface area (Å²) in [6, 6.07) is 3.31. The summed E-state index contributed by atoms with van der Waals surface area (Å²) >= 11 is 0. The van der Waals surface area contributed by atoms with Gasteiger partial charge >= 0.3 is 5.97 Å². The quantitative estimate of drug-likeness (QED) is 0.654. The van der Waals surface area contributed by atoms with Crippen molar-refractivity contribution in [3.63, 3.8) is 0 Å². The lowest BCUT2D eigenvalue weighted by Gasteiger charge is -2.06. The number of aryl methyl sites for hydroxylation is 4. The third kappa shape index (κ3) is 4.34. The highest BCUT2D eigenvalue weighted by atomic mass is 16.4. The highest BCUT2D eigenvalue weighted by molar-refractivity contribution is 5.88. The van der Waals surface area contributed by atoms with Gasteiger partial charge in [0.2, 0.25) is 5.91 Å². The highest BCUT2D eigenvalue weighted by Crippen LogP contribution is 2.18. The number of aromatic carboxylic acids is 1. The van der Waals surface area contributed by atoms with Crippen LogP contribution < -0.4 is 5.32 Å². The molecule has 0 bridgehead atoms. The van der Waals surface area contributed by atoms with E-state index in [1.807, 2.05) is 33.8 Å². The molecule has 0 radical (unpaired) electrons. The summed E-state index contributed by atoms with van der Waals surface area (Å²) in [5, 5.41) is 16.3. The number of carbonyl (C=O) groups excluding carboxylic acids is 1. The summed E-state index contributed by atoms with van der Waals surface area (Å²) in [5.41, 5.74) is 4.09. The molecular weight excluding hydrogens is 374 g/mol. The summed E-state index contributed by atoms with van der Waals surface area (Å²) in [4.78, 5) is 32.4. The van der Waals surface area contributed by atoms with E-state index >= 15 is 0 Å². The minimum atomic E-state index is -1.06. The molecule has 9 heteroatoms. The third-order valence-electron chi connectivity index (χ3n) is 4.60. The zero-order valence-electron chi connectivity index (χ0n) is 17.0. The van der Waals surface area contributed by atoms with Gasteiger partial charge in [-0.25, -0.2) is 19.4 Å². The summed E-state index contributed by atoms with van der Waals surface area (Å²) in [5.74, 6) is -0.106. The number of carboxylic acid groups (broad SMARTS) is 1. The molecule has 29 heavy (non-hydrogen) atoms. The van der Waals surface area contributed by atoms with Crippen LogP contribution in [0.4, 0.5) is 0 Å². The van der Waals surface area contributed by atoms with Crippen LogP contribution in [0.5, 0.6) is 0 Å². The Balaban J connectivity index is 1.73. The zero-order chi connectivity index (χ0) is 21.3. The average molecular weight is 397 g/mol. The molecule has 3 aromatic heterocycles. The molecule has 3 rings (SSSR count). The molecule has 0 spiro atoms. The topological polar surface area (TPSA) is 123 Å². The van der Waals surface area contributed by atoms with E-state index in [1.165, 1.54) is 6.07 Å². The second kappa shape index (κ2) is 7.86. The van der Waals surface area contributed by atoms with Crippen molar-refractivity contribution in [1.29, 1.82) is 0 Å². The van der Waals surface area contributed by atoms with Crippen molar-refractivity contribution in [2.45, 2.75) is 47.6 Å². The van der Waals surface area contributed by atoms with Crippen molar-refractivity contribution < 1.29 is 19.1 Å². The Labute approximate surface area is 167 Å². The predicted molar refractivity (Wildman–Crippen MR) is 104 cm³/mol. The first-order chi connectivity index (χ1) is 13.7. The lowest BCUT2D eigenvalue weighted by Crippen LogP contribution is -2.24. The maximum Gasteiger partial charge on any atom is 0.339 e. The largest absolute Gasteiger partial charge is 0.478 e. The SMILES string of the molecule is Cc1cc(C)nc(-n2nc(C)c(CC(=O)NCc3cc(C(=O)O)c(C)o3)c2C)n1. The van der Waals surface area contributed by atoms with E-state index < -0.39 is 5.97 Å². The van der Waals surface area contributed by atoms with Crippen LogP contribution in [0.15, 0.2) is 16.5 Å². The number of amides is 1. The van der Waals surface area contributed by atoms with Crippen LogP contribution in [0.3, 0.4) is 0 Å². The number of hydrogen-bond acceptors (Lipinski definition) is 6. The van der Waals surface area contributed by atoms with Crippen molar-refractivity contribution in [2.24, 2.45) is 0 Å². The van der Waals surface area contributed by atoms with E-state index in [-0.39, 0.29) is 24.4 Å². The van der Waals surface area contributed by atoms with E-state index in [0.29, 0.717) is 17.5 Å². The number of carboxylic acids is 1. The molecule has 0 fully saturated rings. The van der Waals surface area contributed by atoms with Crippen molar-refractivity contribution in [2.75, 3.05) is 0 Å². The van der Waals surface area contributed by atoms with E-state index in [0.717, 1.165) is 28.3 Å². The first-order valence-corrected chi connectivity index (χ1v) is 9.12. The van der Waals surface area contributed by atoms with Crippen molar-refractivity contribution in [3.05, 3.63) is 57.6 Å². The van der Waals surface area contributed by atoms with E-state index in [1.54, 1.807) is 11.6 Å². The molecule has 0 unspecified atom stereocenters. The number of carbonyl (C=O) groups is 2. The molecule has 0 aliphatic heterocycles. The minimum absolute atomic E-state index is 0.0932. The van der Waals surface area contributed by atoms with Gasteiger partial charge in [-0.1, -0.05) is 0 Å². The second-order valence-electron chi connectivity index (χ2n) is 6.95. The van der Waals surface area contributed by atoms with Crippen LogP contribution >= 0.6 is 0 Å². The standard InChI is InChI=1S/C20H23N5O4/c1-10-6-11(2)23-20(22-10)25-13(4)16(12(3)24-25)8-18(26)21-9-15-7-17(19(27)28)14(5)29-15/h6-7H,8-9H2,1-5H3,(H,21,26)(H,27,28). The Morgan fingerprint density at radius 3 is 2.34 bits per heavy atom. The molecule has 0 saturated heterocycles. The summed E-state index contributed by atoms with van der Waals surface area (Å²) in [7, 11) is 0. The van der Waals surface area contributed by atoms with Gasteiger partial charge in [0.15, 0.2) is 0 Å². The summed E-state index contributed by atoms with van der Waals surface area (Å²) < 4.78 is 7.03. The third-order valence-corrected chi connectivity index (χ3v) is 4.60. The summed E-state index contributed by atoms with van der Waals surface area (Å²) in [6.07, 6.45) is 0.133. The van der Waals surface area contributed by atoms with Crippen LogP contribution in [-0.4, -0.2) is 36.7 Å². The number of hydrogen-bond donors (Lipinski definition) is 2. The fraction of sp³-hybridized carbons (Fsp3) is 0.350. The zero-order valence-corrected chi connectivity index (χ0v) is 17.0. The molecule has 1 amide bonds. The van der Waals surface area contributed by atoms with Gasteiger partial charge in [0.05, 0.1) is 18.7 Å². The van der Waals surface area contributed by atoms with Crippen molar-refractivity contribution >= 4 is 11.9 Å². The van der Waals surface area contributed by atoms with Gasteiger partial charge in [-0.2, -0.15) is 5.10 Å². The van der Waals surface area contributed by atoms with Gasteiger partial charge < -0.3 is 14.8 Å². The monoisotopic (exact) mass is 397 g/mol. The highest BCUT2D eigenvalue weighted by Gasteiger charge is 2.18. The average Bonchev–Trinajstić information content (AvgIpc) is 3.14. The number of aromatic nitrogens is 4. The molecule has 3 aromatic rings. The maximum absolute atomic E-state index is 12.4. The van der Waals surface area contributed by atoms with Crippen LogP contribution in [0.2, 0.25) is 0 Å². The van der Waals surface area contributed by atoms with Crippen molar-refractivity contribution in [3.8, 4) is 5.95 Å². The Morgan fingerprint density at radius 1 is 1.10 bits per heavy atom. The van der Waals surface area contributed by atoms with Gasteiger partial charge in [-0.3, -0.25) is 4.79 Å². The Hall–Kier alpha value is -3.49. The molecule has 0 aromatic carbocycles. The van der Waals surface area contributed by atoms with E-state index in [2.05, 4.69) is 20.4 Å². The Kier molecular flexibility index (Phi) is 5.49. The molecule has 0 saturated carbocycles. The minimum Gasteiger partial charge on any atom is -0.478 e. The van der Waals surface area contributed by atoms with Gasteiger partial charge in [-0.05, 0) is 46.8 Å². The van der Waals surface area contributed by atoms with Crippen LogP contribution in [-0.2, 0) is 17.8 Å². The molecule has 3 heterocycles. The Morgan fingerprint density at radius 2 is 1.76 bits per heavy atom. The smallest absolute Gasteiger partial charge is 0.339 e. The fourth-order valence-electron chi connectivity index (χ4n) is 3.18. The van der Waals surface area contributed by atoms with Gasteiger partial charge in [-0.15, -0.1) is 0 Å². The molecular formula is C20H23N5O4. The molecule has 2 N–H and O–H groups in total. The van der Waals surface area contributed by atoms with Crippen LogP contribution in [0, 0.1) is 34.6 Å². The van der Waals surface area contributed by atoms with Gasteiger partial charge in [0.25, 0.3) is 5.95 Å².